The Labute approximate surface area is 131 Å². The molecule has 7 heteroatoms. The zero-order chi connectivity index (χ0) is 15.2. The number of nitrogens with one attached hydrogen (secondary N) is 2. The fourth-order valence-corrected chi connectivity index (χ4v) is 2.67. The van der Waals surface area contributed by atoms with Gasteiger partial charge in [0.15, 0.2) is 0 Å². The number of halogens is 1. The van der Waals surface area contributed by atoms with Crippen molar-refractivity contribution in [2.24, 2.45) is 0 Å². The van der Waals surface area contributed by atoms with Crippen molar-refractivity contribution in [3.05, 3.63) is 40.9 Å². The summed E-state index contributed by atoms with van der Waals surface area (Å²) in [5.74, 6) is -0.140. The van der Waals surface area contributed by atoms with E-state index in [9.17, 15) is 9.59 Å². The van der Waals surface area contributed by atoms with E-state index in [1.807, 2.05) is 17.5 Å². The summed E-state index contributed by atoms with van der Waals surface area (Å²) < 4.78 is 0. The Morgan fingerprint density at radius 2 is 2.00 bits per heavy atom. The molecule has 0 aliphatic rings. The van der Waals surface area contributed by atoms with Crippen LogP contribution >= 0.6 is 22.9 Å². The number of carbonyl (C=O) groups excluding carboxylic acids is 2. The van der Waals surface area contributed by atoms with Crippen molar-refractivity contribution in [1.29, 1.82) is 0 Å². The van der Waals surface area contributed by atoms with Crippen LogP contribution in [0, 0.1) is 0 Å². The van der Waals surface area contributed by atoms with Gasteiger partial charge in [0.05, 0.1) is 18.1 Å². The van der Waals surface area contributed by atoms with Crippen LogP contribution in [-0.4, -0.2) is 30.4 Å². The number of benzene rings is 1. The Hall–Kier alpha value is -1.92. The second-order valence-corrected chi connectivity index (χ2v) is 5.34. The zero-order valence-corrected chi connectivity index (χ0v) is 12.9. The van der Waals surface area contributed by atoms with E-state index < -0.39 is 0 Å². The molecule has 21 heavy (non-hydrogen) atoms. The predicted octanol–water partition coefficient (Wildman–Crippen LogP) is 2.02. The summed E-state index contributed by atoms with van der Waals surface area (Å²) in [7, 11) is 1.52. The molecule has 0 radical (unpaired) electrons. The maximum Gasteiger partial charge on any atom is 0.251 e. The van der Waals surface area contributed by atoms with Crippen LogP contribution in [0.1, 0.15) is 16.1 Å². The number of hydrogen-bond acceptors (Lipinski definition) is 4. The van der Waals surface area contributed by atoms with Gasteiger partial charge in [0, 0.05) is 23.6 Å². The van der Waals surface area contributed by atoms with E-state index in [1.165, 1.54) is 18.4 Å². The molecule has 0 aliphatic heterocycles. The van der Waals surface area contributed by atoms with Crippen molar-refractivity contribution in [1.82, 2.24) is 15.6 Å². The van der Waals surface area contributed by atoms with E-state index in [1.54, 1.807) is 12.1 Å². The molecule has 2 amide bonds. The topological polar surface area (TPSA) is 71.1 Å². The Morgan fingerprint density at radius 3 is 2.57 bits per heavy atom. The van der Waals surface area contributed by atoms with Gasteiger partial charge in [-0.05, 0) is 12.1 Å². The number of thiazole rings is 1. The first-order chi connectivity index (χ1) is 10.1. The van der Waals surface area contributed by atoms with Crippen LogP contribution in [0.2, 0.25) is 0 Å². The van der Waals surface area contributed by atoms with E-state index in [0.717, 1.165) is 16.3 Å². The molecular weight excluding hydrogens is 310 g/mol. The maximum atomic E-state index is 11.8. The highest BCUT2D eigenvalue weighted by Crippen LogP contribution is 2.24. The number of carbonyl (C=O) groups is 2. The smallest absolute Gasteiger partial charge is 0.251 e. The van der Waals surface area contributed by atoms with Crippen LogP contribution in [0.5, 0.6) is 0 Å². The van der Waals surface area contributed by atoms with Crippen molar-refractivity contribution in [2.45, 2.75) is 5.88 Å². The highest BCUT2D eigenvalue weighted by atomic mass is 35.5. The molecule has 110 valence electrons. The number of alkyl halides is 1. The second-order valence-electron chi connectivity index (χ2n) is 4.21. The van der Waals surface area contributed by atoms with E-state index >= 15 is 0 Å². The van der Waals surface area contributed by atoms with Crippen molar-refractivity contribution in [2.75, 3.05) is 13.6 Å². The minimum absolute atomic E-state index is 0.0390. The molecule has 0 aliphatic carbocycles. The summed E-state index contributed by atoms with van der Waals surface area (Å²) in [6.07, 6.45) is 0. The zero-order valence-electron chi connectivity index (χ0n) is 11.4. The minimum atomic E-state index is -0.286. The molecule has 0 fully saturated rings. The fourth-order valence-electron chi connectivity index (χ4n) is 1.62. The van der Waals surface area contributed by atoms with Crippen LogP contribution in [0.15, 0.2) is 29.6 Å². The molecule has 1 heterocycles. The molecule has 0 atom stereocenters. The van der Waals surface area contributed by atoms with Gasteiger partial charge in [0.25, 0.3) is 5.91 Å². The number of aromatic nitrogens is 1. The summed E-state index contributed by atoms with van der Waals surface area (Å²) in [6, 6.07) is 7.06. The lowest BCUT2D eigenvalue weighted by molar-refractivity contribution is -0.119. The van der Waals surface area contributed by atoms with Gasteiger partial charge in [0.2, 0.25) is 5.91 Å². The molecule has 0 saturated heterocycles. The highest BCUT2D eigenvalue weighted by molar-refractivity contribution is 7.13. The summed E-state index contributed by atoms with van der Waals surface area (Å²) >= 11 is 7.23. The van der Waals surface area contributed by atoms with Gasteiger partial charge in [-0.1, -0.05) is 12.1 Å². The summed E-state index contributed by atoms with van der Waals surface area (Å²) in [5, 5.41) is 7.75. The molecule has 5 nitrogen and oxygen atoms in total. The summed E-state index contributed by atoms with van der Waals surface area (Å²) in [6.45, 7) is -0.0390. The monoisotopic (exact) mass is 323 g/mol. The lowest BCUT2D eigenvalue weighted by atomic mass is 10.1. The second kappa shape index (κ2) is 7.19. The third-order valence-electron chi connectivity index (χ3n) is 2.77. The molecule has 1 aromatic heterocycles. The van der Waals surface area contributed by atoms with Crippen LogP contribution in [0.3, 0.4) is 0 Å². The molecule has 2 rings (SSSR count). The number of hydrogen-bond donors (Lipinski definition) is 2. The highest BCUT2D eigenvalue weighted by Gasteiger charge is 2.09. The van der Waals surface area contributed by atoms with Gasteiger partial charge < -0.3 is 10.6 Å². The van der Waals surface area contributed by atoms with Crippen molar-refractivity contribution < 1.29 is 9.59 Å². The molecule has 0 saturated carbocycles. The first kappa shape index (κ1) is 15.5. The Kier molecular flexibility index (Phi) is 5.30. The van der Waals surface area contributed by atoms with Crippen molar-refractivity contribution >= 4 is 34.8 Å². The lowest BCUT2D eigenvalue weighted by Crippen LogP contribution is -2.35. The summed E-state index contributed by atoms with van der Waals surface area (Å²) in [4.78, 5) is 27.3. The summed E-state index contributed by atoms with van der Waals surface area (Å²) in [5.41, 5.74) is 2.26. The molecule has 0 unspecified atom stereocenters. The average molecular weight is 324 g/mol. The van der Waals surface area contributed by atoms with Crippen LogP contribution in [-0.2, 0) is 10.7 Å². The van der Waals surface area contributed by atoms with Gasteiger partial charge in [0.1, 0.15) is 5.01 Å². The van der Waals surface area contributed by atoms with Crippen molar-refractivity contribution in [3.63, 3.8) is 0 Å². The normalized spacial score (nSPS) is 10.2. The Balaban J connectivity index is 2.04. The van der Waals surface area contributed by atoms with E-state index in [4.69, 9.17) is 11.6 Å². The third-order valence-corrected chi connectivity index (χ3v) is 3.99. The molecule has 0 bridgehead atoms. The van der Waals surface area contributed by atoms with E-state index in [-0.39, 0.29) is 18.4 Å². The molecule has 2 N–H and O–H groups in total. The average Bonchev–Trinajstić information content (AvgIpc) is 3.01. The number of likely N-dealkylation sites (N-methyl/N-ethyl adjacent to an activating group) is 1. The Bertz CT molecular complexity index is 640. The van der Waals surface area contributed by atoms with Crippen LogP contribution < -0.4 is 10.6 Å². The quantitative estimate of drug-likeness (QED) is 0.827. The minimum Gasteiger partial charge on any atom is -0.358 e. The third kappa shape index (κ3) is 4.03. The first-order valence-corrected chi connectivity index (χ1v) is 7.65. The Morgan fingerprint density at radius 1 is 1.29 bits per heavy atom. The maximum absolute atomic E-state index is 11.8. The predicted molar refractivity (Wildman–Crippen MR) is 83.5 cm³/mol. The van der Waals surface area contributed by atoms with Gasteiger partial charge >= 0.3 is 0 Å². The SMILES string of the molecule is CNC(=O)CNC(=O)c1ccc(-c2nc(CCl)cs2)cc1. The van der Waals surface area contributed by atoms with Crippen LogP contribution in [0.4, 0.5) is 0 Å². The van der Waals surface area contributed by atoms with E-state index in [0.29, 0.717) is 11.4 Å². The lowest BCUT2D eigenvalue weighted by Gasteiger charge is -2.04. The van der Waals surface area contributed by atoms with E-state index in [2.05, 4.69) is 15.6 Å². The molecule has 0 spiro atoms. The fraction of sp³-hybridized carbons (Fsp3) is 0.214. The van der Waals surface area contributed by atoms with Crippen molar-refractivity contribution in [3.8, 4) is 10.6 Å². The van der Waals surface area contributed by atoms with Gasteiger partial charge in [-0.2, -0.15) is 0 Å². The van der Waals surface area contributed by atoms with Crippen LogP contribution in [0.25, 0.3) is 10.6 Å². The van der Waals surface area contributed by atoms with Gasteiger partial charge in [-0.15, -0.1) is 22.9 Å². The number of nitrogens with zero attached hydrogens (tertiary/aromatic N) is 1. The van der Waals surface area contributed by atoms with Gasteiger partial charge in [-0.25, -0.2) is 4.98 Å². The largest absolute Gasteiger partial charge is 0.358 e. The van der Waals surface area contributed by atoms with Gasteiger partial charge in [-0.3, -0.25) is 9.59 Å². The molecule has 2 aromatic rings. The molecule has 1 aromatic carbocycles. The number of rotatable bonds is 5. The standard InChI is InChI=1S/C14H14ClN3O2S/c1-16-12(19)7-17-13(20)9-2-4-10(5-3-9)14-18-11(6-15)8-21-14/h2-5,8H,6-7H2,1H3,(H,16,19)(H,17,20). The number of amides is 2. The first-order valence-electron chi connectivity index (χ1n) is 6.23. The molecular formula is C14H14ClN3O2S.